The molecular formula is C27H35NO8. The van der Waals surface area contributed by atoms with Crippen molar-refractivity contribution in [3.8, 4) is 0 Å². The predicted octanol–water partition coefficient (Wildman–Crippen LogP) is 2.14. The van der Waals surface area contributed by atoms with Crippen molar-refractivity contribution in [1.29, 1.82) is 0 Å². The highest BCUT2D eigenvalue weighted by molar-refractivity contribution is 5.84. The number of esters is 3. The molecule has 3 fully saturated rings. The fourth-order valence-electron chi connectivity index (χ4n) is 6.68. The van der Waals surface area contributed by atoms with Crippen LogP contribution in [0.25, 0.3) is 0 Å². The van der Waals surface area contributed by atoms with Crippen molar-refractivity contribution in [2.24, 2.45) is 22.5 Å². The van der Waals surface area contributed by atoms with Gasteiger partial charge in [-0.2, -0.15) is 0 Å². The molecule has 5 aliphatic rings. The average molecular weight is 502 g/mol. The summed E-state index contributed by atoms with van der Waals surface area (Å²) in [5.74, 6) is -1.84. The number of carbonyl (C=O) groups is 3. The van der Waals surface area contributed by atoms with Gasteiger partial charge in [-0.05, 0) is 32.1 Å². The molecule has 3 heterocycles. The Labute approximate surface area is 211 Å². The molecule has 2 N–H and O–H groups in total. The molecule has 2 spiro atoms. The second-order valence-corrected chi connectivity index (χ2v) is 11.0. The predicted molar refractivity (Wildman–Crippen MR) is 127 cm³/mol. The lowest BCUT2D eigenvalue weighted by Crippen LogP contribution is -2.67. The molecule has 2 aliphatic carbocycles. The Morgan fingerprint density at radius 3 is 2.47 bits per heavy atom. The van der Waals surface area contributed by atoms with E-state index < -0.39 is 46.5 Å². The van der Waals surface area contributed by atoms with Gasteiger partial charge in [0, 0.05) is 24.0 Å². The Morgan fingerprint density at radius 2 is 1.75 bits per heavy atom. The van der Waals surface area contributed by atoms with Gasteiger partial charge >= 0.3 is 17.9 Å². The molecule has 0 radical (unpaired) electrons. The normalized spacial score (nSPS) is 46.8. The zero-order valence-electron chi connectivity index (χ0n) is 21.1. The van der Waals surface area contributed by atoms with Crippen LogP contribution in [0.3, 0.4) is 0 Å². The third-order valence-corrected chi connectivity index (χ3v) is 9.23. The molecule has 2 bridgehead atoms. The van der Waals surface area contributed by atoms with Crippen molar-refractivity contribution < 1.29 is 38.1 Å². The average Bonchev–Trinajstić information content (AvgIpc) is 3.62. The maximum atomic E-state index is 13.1. The van der Waals surface area contributed by atoms with Crippen molar-refractivity contribution in [2.45, 2.75) is 76.4 Å². The maximum absolute atomic E-state index is 13.1. The van der Waals surface area contributed by atoms with Crippen molar-refractivity contribution in [2.75, 3.05) is 19.8 Å². The van der Waals surface area contributed by atoms with E-state index in [4.69, 9.17) is 29.4 Å². The third kappa shape index (κ3) is 3.83. The second kappa shape index (κ2) is 9.11. The summed E-state index contributed by atoms with van der Waals surface area (Å²) in [4.78, 5) is 37.8. The van der Waals surface area contributed by atoms with Crippen LogP contribution in [0, 0.1) is 16.7 Å². The van der Waals surface area contributed by atoms with Crippen molar-refractivity contribution in [3.05, 3.63) is 36.0 Å². The first kappa shape index (κ1) is 25.2. The van der Waals surface area contributed by atoms with Crippen LogP contribution in [0.5, 0.6) is 0 Å². The number of rotatable bonds is 0. The zero-order valence-corrected chi connectivity index (χ0v) is 21.1. The van der Waals surface area contributed by atoms with Gasteiger partial charge in [0.05, 0.1) is 30.8 Å². The molecule has 0 amide bonds. The SMILES string of the molecule is CC1=CC2O[C@@H]3C[C@H]4OC(=O)/C=C\C=C\C(=O)OCC[C@@H](C)[C@@H](N)C(=O)OC[C@@]2(CC1)C4(C)[C@]31CO1. The Balaban J connectivity index is 1.52. The molecule has 196 valence electrons. The first-order valence-corrected chi connectivity index (χ1v) is 12.7. The fraction of sp³-hybridized carbons (Fsp3) is 0.667. The van der Waals surface area contributed by atoms with Crippen LogP contribution >= 0.6 is 0 Å². The van der Waals surface area contributed by atoms with Gasteiger partial charge in [0.15, 0.2) is 0 Å². The molecule has 8 atom stereocenters. The number of carbonyl (C=O) groups excluding carboxylic acids is 3. The summed E-state index contributed by atoms with van der Waals surface area (Å²) in [7, 11) is 0. The quantitative estimate of drug-likeness (QED) is 0.230. The summed E-state index contributed by atoms with van der Waals surface area (Å²) in [5, 5.41) is 0. The Hall–Kier alpha value is -2.49. The molecule has 2 saturated heterocycles. The highest BCUT2D eigenvalue weighted by Crippen LogP contribution is 2.72. The van der Waals surface area contributed by atoms with E-state index in [1.807, 2.05) is 6.92 Å². The lowest BCUT2D eigenvalue weighted by Gasteiger charge is -2.58. The summed E-state index contributed by atoms with van der Waals surface area (Å²) in [5.41, 5.74) is 5.57. The Morgan fingerprint density at radius 1 is 1.03 bits per heavy atom. The van der Waals surface area contributed by atoms with Gasteiger partial charge in [0.2, 0.25) is 0 Å². The standard InChI is InChI=1S/C27H35NO8/c1-16-8-10-26-14-33-24(31)23(28)17(2)9-11-32-21(29)6-4-5-7-22(30)36-18-13-20(35-19(26)12-16)27(15-34-27)25(18,26)3/h4-7,12,17-20,23H,8-11,13-15,28H2,1-3H3/b6-4+,7-5-/t17-,18-,19?,20-,23-,25?,26-,27+/m1/s1. The van der Waals surface area contributed by atoms with E-state index in [0.717, 1.165) is 6.42 Å². The molecule has 9 nitrogen and oxygen atoms in total. The molecule has 5 rings (SSSR count). The molecule has 0 aromatic carbocycles. The minimum Gasteiger partial charge on any atom is -0.464 e. The lowest BCUT2D eigenvalue weighted by molar-refractivity contribution is -0.233. The van der Waals surface area contributed by atoms with E-state index in [1.54, 1.807) is 0 Å². The topological polar surface area (TPSA) is 127 Å². The summed E-state index contributed by atoms with van der Waals surface area (Å²) >= 11 is 0. The van der Waals surface area contributed by atoms with Crippen LogP contribution in [0.2, 0.25) is 0 Å². The third-order valence-electron chi connectivity index (χ3n) is 9.23. The van der Waals surface area contributed by atoms with Crippen LogP contribution in [0.1, 0.15) is 46.5 Å². The van der Waals surface area contributed by atoms with Crippen LogP contribution in [-0.2, 0) is 38.1 Å². The van der Waals surface area contributed by atoms with Crippen LogP contribution in [-0.4, -0.2) is 67.7 Å². The van der Waals surface area contributed by atoms with Gasteiger partial charge in [-0.25, -0.2) is 9.59 Å². The van der Waals surface area contributed by atoms with E-state index in [-0.39, 0.29) is 31.3 Å². The molecular weight excluding hydrogens is 466 g/mol. The smallest absolute Gasteiger partial charge is 0.331 e. The minimum atomic E-state index is -0.870. The number of cyclic esters (lactones) is 2. The molecule has 36 heavy (non-hydrogen) atoms. The van der Waals surface area contributed by atoms with Gasteiger partial charge in [-0.15, -0.1) is 0 Å². The van der Waals surface area contributed by atoms with Crippen molar-refractivity contribution >= 4 is 17.9 Å². The van der Waals surface area contributed by atoms with Gasteiger partial charge in [-0.3, -0.25) is 4.79 Å². The number of allylic oxidation sites excluding steroid dienone is 3. The highest BCUT2D eigenvalue weighted by atomic mass is 16.6. The summed E-state index contributed by atoms with van der Waals surface area (Å²) < 4.78 is 29.8. The minimum absolute atomic E-state index is 0.0800. The van der Waals surface area contributed by atoms with Crippen LogP contribution in [0.15, 0.2) is 36.0 Å². The van der Waals surface area contributed by atoms with Gasteiger partial charge in [-0.1, -0.05) is 37.6 Å². The monoisotopic (exact) mass is 501 g/mol. The molecule has 0 aromatic rings. The van der Waals surface area contributed by atoms with E-state index in [0.29, 0.717) is 25.9 Å². The first-order chi connectivity index (χ1) is 17.1. The molecule has 2 unspecified atom stereocenters. The van der Waals surface area contributed by atoms with Crippen molar-refractivity contribution in [1.82, 2.24) is 0 Å². The molecule has 0 aromatic heterocycles. The Bertz CT molecular complexity index is 1030. The first-order valence-electron chi connectivity index (χ1n) is 12.7. The summed E-state index contributed by atoms with van der Waals surface area (Å²) in [6.45, 7) is 6.70. The number of nitrogens with two attached hydrogens (primary N) is 1. The zero-order chi connectivity index (χ0) is 25.7. The highest BCUT2D eigenvalue weighted by Gasteiger charge is 2.83. The summed E-state index contributed by atoms with van der Waals surface area (Å²) in [6.07, 6.45) is 8.93. The number of ether oxygens (including phenoxy) is 5. The summed E-state index contributed by atoms with van der Waals surface area (Å²) in [6, 6.07) is -0.870. The van der Waals surface area contributed by atoms with E-state index in [1.165, 1.54) is 29.9 Å². The van der Waals surface area contributed by atoms with E-state index >= 15 is 0 Å². The Kier molecular flexibility index (Phi) is 6.37. The van der Waals surface area contributed by atoms with Crippen LogP contribution in [0.4, 0.5) is 0 Å². The van der Waals surface area contributed by atoms with E-state index in [9.17, 15) is 14.4 Å². The second-order valence-electron chi connectivity index (χ2n) is 11.0. The van der Waals surface area contributed by atoms with Crippen LogP contribution < -0.4 is 5.73 Å². The maximum Gasteiger partial charge on any atom is 0.331 e. The van der Waals surface area contributed by atoms with Gasteiger partial charge in [0.25, 0.3) is 0 Å². The fourth-order valence-corrected chi connectivity index (χ4v) is 6.68. The molecule has 1 saturated carbocycles. The largest absolute Gasteiger partial charge is 0.464 e. The van der Waals surface area contributed by atoms with Crippen molar-refractivity contribution in [3.63, 3.8) is 0 Å². The van der Waals surface area contributed by atoms with Gasteiger partial charge < -0.3 is 29.4 Å². The van der Waals surface area contributed by atoms with E-state index in [2.05, 4.69) is 19.9 Å². The lowest BCUT2D eigenvalue weighted by atomic mass is 9.51. The van der Waals surface area contributed by atoms with Gasteiger partial charge in [0.1, 0.15) is 24.4 Å². The number of hydrogen-bond donors (Lipinski definition) is 1. The number of hydrogen-bond acceptors (Lipinski definition) is 9. The molecule has 9 heteroatoms. The number of epoxide rings is 1. The molecule has 3 aliphatic heterocycles.